The second-order valence-electron chi connectivity index (χ2n) is 19.5. The second kappa shape index (κ2) is 21.2. The Morgan fingerprint density at radius 1 is 0.720 bits per heavy atom. The van der Waals surface area contributed by atoms with E-state index in [1.807, 2.05) is 0 Å². The van der Waals surface area contributed by atoms with E-state index in [0.717, 1.165) is 60.7 Å². The van der Waals surface area contributed by atoms with E-state index in [4.69, 9.17) is 4.74 Å². The van der Waals surface area contributed by atoms with Crippen molar-refractivity contribution < 1.29 is 9.53 Å². The highest BCUT2D eigenvalue weighted by Gasteiger charge is 2.59. The molecule has 0 aliphatic heterocycles. The van der Waals surface area contributed by atoms with Gasteiger partial charge in [-0.15, -0.1) is 0 Å². The summed E-state index contributed by atoms with van der Waals surface area (Å²) in [7, 11) is 0. The first-order chi connectivity index (χ1) is 24.1. The molecule has 4 aliphatic carbocycles. The maximum atomic E-state index is 12.9. The van der Waals surface area contributed by atoms with E-state index in [1.54, 1.807) is 5.57 Å². The predicted molar refractivity (Wildman–Crippen MR) is 216 cm³/mol. The van der Waals surface area contributed by atoms with Crippen LogP contribution in [-0.2, 0) is 9.53 Å². The summed E-state index contributed by atoms with van der Waals surface area (Å²) < 4.78 is 6.15. The molecule has 2 nitrogen and oxygen atoms in total. The third-order valence-electron chi connectivity index (χ3n) is 15.8. The lowest BCUT2D eigenvalue weighted by Crippen LogP contribution is -2.51. The van der Waals surface area contributed by atoms with Crippen LogP contribution in [-0.4, -0.2) is 12.1 Å². The van der Waals surface area contributed by atoms with Crippen LogP contribution in [0.5, 0.6) is 0 Å². The monoisotopic (exact) mass is 695 g/mol. The van der Waals surface area contributed by atoms with Crippen LogP contribution in [0.1, 0.15) is 228 Å². The minimum atomic E-state index is 0.0659. The molecule has 0 saturated heterocycles. The Bertz CT molecular complexity index is 996. The molecule has 0 heterocycles. The van der Waals surface area contributed by atoms with Crippen LogP contribution in [0.15, 0.2) is 11.6 Å². The minimum absolute atomic E-state index is 0.0659. The minimum Gasteiger partial charge on any atom is -0.462 e. The number of fused-ring (bicyclic) bond motifs is 5. The second-order valence-corrected chi connectivity index (χ2v) is 19.5. The van der Waals surface area contributed by atoms with Gasteiger partial charge in [0.25, 0.3) is 0 Å². The van der Waals surface area contributed by atoms with Crippen molar-refractivity contribution in [1.29, 1.82) is 0 Å². The molecule has 0 N–H and O–H groups in total. The number of esters is 1. The summed E-state index contributed by atoms with van der Waals surface area (Å²) in [6.07, 6.45) is 39.9. The summed E-state index contributed by atoms with van der Waals surface area (Å²) in [4.78, 5) is 12.9. The lowest BCUT2D eigenvalue weighted by Gasteiger charge is -2.58. The van der Waals surface area contributed by atoms with Crippen molar-refractivity contribution in [2.45, 2.75) is 234 Å². The number of hydrogen-bond acceptors (Lipinski definition) is 2. The van der Waals surface area contributed by atoms with Crippen LogP contribution < -0.4 is 0 Å². The SMILES string of the molecule is CCCCCCCCCCCCCCCCCCCC(=O)OC1CCC2(C)C(=CCC3C2CCC2(C)C(C(C)CCC(C)C(C)C)CCC32)C1. The summed E-state index contributed by atoms with van der Waals surface area (Å²) in [6.45, 7) is 17.5. The molecule has 50 heavy (non-hydrogen) atoms. The zero-order chi connectivity index (χ0) is 36.0. The summed E-state index contributed by atoms with van der Waals surface area (Å²) in [5, 5.41) is 0. The maximum Gasteiger partial charge on any atom is 0.306 e. The van der Waals surface area contributed by atoms with Crippen molar-refractivity contribution in [3.8, 4) is 0 Å². The van der Waals surface area contributed by atoms with E-state index in [0.29, 0.717) is 17.3 Å². The summed E-state index contributed by atoms with van der Waals surface area (Å²) in [5.41, 5.74) is 2.52. The van der Waals surface area contributed by atoms with Crippen molar-refractivity contribution in [3.05, 3.63) is 11.6 Å². The summed E-state index contributed by atoms with van der Waals surface area (Å²) in [6, 6.07) is 0. The number of carbonyl (C=O) groups is 1. The van der Waals surface area contributed by atoms with Crippen molar-refractivity contribution in [2.24, 2.45) is 52.3 Å². The molecule has 2 heteroatoms. The first-order valence-corrected chi connectivity index (χ1v) is 23.0. The van der Waals surface area contributed by atoms with Gasteiger partial charge < -0.3 is 4.74 Å². The molecule has 9 unspecified atom stereocenters. The molecule has 0 amide bonds. The first kappa shape index (κ1) is 42.0. The molecule has 0 spiro atoms. The number of rotatable bonds is 24. The van der Waals surface area contributed by atoms with Crippen LogP contribution in [0.2, 0.25) is 0 Å². The lowest BCUT2D eigenvalue weighted by atomic mass is 9.47. The zero-order valence-corrected chi connectivity index (χ0v) is 34.8. The molecular formula is C48H86O2. The fraction of sp³-hybridized carbons (Fsp3) is 0.938. The van der Waals surface area contributed by atoms with Crippen molar-refractivity contribution in [2.75, 3.05) is 0 Å². The Morgan fingerprint density at radius 2 is 1.30 bits per heavy atom. The van der Waals surface area contributed by atoms with Crippen molar-refractivity contribution in [3.63, 3.8) is 0 Å². The Hall–Kier alpha value is -0.790. The third kappa shape index (κ3) is 11.6. The molecular weight excluding hydrogens is 609 g/mol. The molecule has 0 radical (unpaired) electrons. The molecule has 0 bridgehead atoms. The highest BCUT2D eigenvalue weighted by atomic mass is 16.5. The standard InChI is InChI=1S/C48H86O2/c1-8-9-10-11-12-13-14-15-16-17-18-19-20-21-22-23-24-25-46(49)50-41-32-34-47(6)40(36-41)28-29-42-44-31-30-43(48(44,7)35-33-45(42)47)39(5)27-26-38(4)37(2)3/h28,37-39,41-45H,8-27,29-36H2,1-7H3. The van der Waals surface area contributed by atoms with E-state index in [2.05, 4.69) is 54.5 Å². The lowest BCUT2D eigenvalue weighted by molar-refractivity contribution is -0.151. The van der Waals surface area contributed by atoms with Crippen molar-refractivity contribution in [1.82, 2.24) is 0 Å². The van der Waals surface area contributed by atoms with Crippen molar-refractivity contribution >= 4 is 5.97 Å². The van der Waals surface area contributed by atoms with Gasteiger partial charge in [-0.2, -0.15) is 0 Å². The summed E-state index contributed by atoms with van der Waals surface area (Å²) in [5.74, 6) is 6.11. The van der Waals surface area contributed by atoms with Gasteiger partial charge in [-0.25, -0.2) is 0 Å². The van der Waals surface area contributed by atoms with Gasteiger partial charge in [-0.05, 0) is 104 Å². The number of ether oxygens (including phenoxy) is 1. The van der Waals surface area contributed by atoms with Gasteiger partial charge in [0.2, 0.25) is 0 Å². The van der Waals surface area contributed by atoms with Gasteiger partial charge in [0.15, 0.2) is 0 Å². The van der Waals surface area contributed by atoms with Gasteiger partial charge in [-0.3, -0.25) is 4.79 Å². The smallest absolute Gasteiger partial charge is 0.306 e. The van der Waals surface area contributed by atoms with Crippen LogP contribution in [0.25, 0.3) is 0 Å². The predicted octanol–water partition coefficient (Wildman–Crippen LogP) is 15.2. The highest BCUT2D eigenvalue weighted by Crippen LogP contribution is 2.67. The Labute approximate surface area is 312 Å². The molecule has 0 aromatic carbocycles. The molecule has 4 aliphatic rings. The fourth-order valence-corrected chi connectivity index (χ4v) is 12.0. The average Bonchev–Trinajstić information content (AvgIpc) is 3.45. The molecule has 3 saturated carbocycles. The van der Waals surface area contributed by atoms with Gasteiger partial charge in [0.05, 0.1) is 0 Å². The number of allylic oxidation sites excluding steroid dienone is 1. The fourth-order valence-electron chi connectivity index (χ4n) is 12.0. The highest BCUT2D eigenvalue weighted by molar-refractivity contribution is 5.69. The molecule has 0 aromatic heterocycles. The largest absolute Gasteiger partial charge is 0.462 e. The Morgan fingerprint density at radius 3 is 1.88 bits per heavy atom. The van der Waals surface area contributed by atoms with Crippen LogP contribution in [0.4, 0.5) is 0 Å². The van der Waals surface area contributed by atoms with E-state index in [1.165, 1.54) is 154 Å². The van der Waals surface area contributed by atoms with E-state index >= 15 is 0 Å². The Kier molecular flexibility index (Phi) is 17.8. The third-order valence-corrected chi connectivity index (χ3v) is 15.8. The molecule has 4 rings (SSSR count). The summed E-state index contributed by atoms with van der Waals surface area (Å²) >= 11 is 0. The first-order valence-electron chi connectivity index (χ1n) is 23.0. The molecule has 3 fully saturated rings. The molecule has 0 aromatic rings. The van der Waals surface area contributed by atoms with Gasteiger partial charge in [0, 0.05) is 12.8 Å². The number of hydrogen-bond donors (Lipinski definition) is 0. The van der Waals surface area contributed by atoms with Gasteiger partial charge >= 0.3 is 5.97 Å². The van der Waals surface area contributed by atoms with Gasteiger partial charge in [-0.1, -0.05) is 176 Å². The van der Waals surface area contributed by atoms with E-state index in [-0.39, 0.29) is 12.1 Å². The normalized spacial score (nSPS) is 31.8. The number of carbonyl (C=O) groups excluding carboxylic acids is 1. The van der Waals surface area contributed by atoms with Crippen LogP contribution in [0.3, 0.4) is 0 Å². The average molecular weight is 695 g/mol. The van der Waals surface area contributed by atoms with E-state index in [9.17, 15) is 4.79 Å². The zero-order valence-electron chi connectivity index (χ0n) is 34.8. The van der Waals surface area contributed by atoms with Crippen LogP contribution >= 0.6 is 0 Å². The number of unbranched alkanes of at least 4 members (excludes halogenated alkanes) is 16. The maximum absolute atomic E-state index is 12.9. The quantitative estimate of drug-likeness (QED) is 0.0571. The van der Waals surface area contributed by atoms with E-state index < -0.39 is 0 Å². The molecule has 9 atom stereocenters. The topological polar surface area (TPSA) is 26.3 Å². The van der Waals surface area contributed by atoms with Gasteiger partial charge in [0.1, 0.15) is 6.10 Å². The Balaban J connectivity index is 1.08. The van der Waals surface area contributed by atoms with Crippen LogP contribution in [0, 0.1) is 52.3 Å². The molecule has 290 valence electrons.